The Kier molecular flexibility index (Phi) is 4.23. The van der Waals surface area contributed by atoms with Crippen LogP contribution in [0.15, 0.2) is 41.2 Å². The van der Waals surface area contributed by atoms with E-state index in [4.69, 9.17) is 0 Å². The normalized spacial score (nSPS) is 17.1. The number of amides is 2. The number of rotatable bonds is 4. The predicted molar refractivity (Wildman–Crippen MR) is 96.3 cm³/mol. The molecule has 1 aliphatic heterocycles. The second-order valence-electron chi connectivity index (χ2n) is 6.18. The van der Waals surface area contributed by atoms with E-state index in [9.17, 15) is 9.59 Å². The number of thiophene rings is 1. The van der Waals surface area contributed by atoms with Gasteiger partial charge in [-0.2, -0.15) is 16.4 Å². The van der Waals surface area contributed by atoms with Crippen LogP contribution in [-0.2, 0) is 11.3 Å². The summed E-state index contributed by atoms with van der Waals surface area (Å²) in [4.78, 5) is 27.1. The number of hydrogen-bond donors (Lipinski definition) is 2. The quantitative estimate of drug-likeness (QED) is 0.756. The summed E-state index contributed by atoms with van der Waals surface area (Å²) in [6.07, 6.45) is 3.24. The molecular weight excluding hydrogens is 336 g/mol. The van der Waals surface area contributed by atoms with E-state index >= 15 is 0 Å². The summed E-state index contributed by atoms with van der Waals surface area (Å²) in [6, 6.07) is 7.03. The second kappa shape index (κ2) is 6.68. The number of hydrogen-bond acceptors (Lipinski definition) is 4. The Morgan fingerprint density at radius 2 is 2.28 bits per heavy atom. The topological polar surface area (TPSA) is 78.1 Å². The molecule has 128 valence electrons. The fraction of sp³-hybridized carbons (Fsp3) is 0.278. The van der Waals surface area contributed by atoms with Gasteiger partial charge in [0.15, 0.2) is 0 Å². The second-order valence-corrected chi connectivity index (χ2v) is 6.96. The fourth-order valence-corrected chi connectivity index (χ4v) is 3.89. The van der Waals surface area contributed by atoms with E-state index in [0.29, 0.717) is 25.1 Å². The van der Waals surface area contributed by atoms with Crippen molar-refractivity contribution < 1.29 is 9.59 Å². The largest absolute Gasteiger partial charge is 0.350 e. The Morgan fingerprint density at radius 3 is 3.12 bits per heavy atom. The monoisotopic (exact) mass is 354 g/mol. The maximum atomic E-state index is 12.9. The van der Waals surface area contributed by atoms with Gasteiger partial charge in [0.1, 0.15) is 6.04 Å². The first-order valence-electron chi connectivity index (χ1n) is 8.25. The number of carbonyl (C=O) groups excluding carboxylic acids is 2. The van der Waals surface area contributed by atoms with E-state index in [1.54, 1.807) is 28.5 Å². The molecule has 25 heavy (non-hydrogen) atoms. The number of fused-ring (bicyclic) bond motifs is 1. The molecule has 3 aromatic rings. The van der Waals surface area contributed by atoms with Crippen molar-refractivity contribution in [3.8, 4) is 0 Å². The molecular formula is C18H18N4O2S. The fourth-order valence-electron chi connectivity index (χ4n) is 3.22. The zero-order valence-corrected chi connectivity index (χ0v) is 14.4. The van der Waals surface area contributed by atoms with Crippen LogP contribution in [0.4, 0.5) is 0 Å². The molecule has 7 heteroatoms. The Bertz CT molecular complexity index is 903. The molecule has 0 saturated carbocycles. The number of nitrogens with zero attached hydrogens (tertiary/aromatic N) is 2. The van der Waals surface area contributed by atoms with E-state index in [0.717, 1.165) is 22.9 Å². The average molecular weight is 354 g/mol. The van der Waals surface area contributed by atoms with Gasteiger partial charge in [0.05, 0.1) is 11.7 Å². The zero-order chi connectivity index (χ0) is 17.2. The van der Waals surface area contributed by atoms with Gasteiger partial charge in [0, 0.05) is 24.0 Å². The van der Waals surface area contributed by atoms with Crippen molar-refractivity contribution in [2.45, 2.75) is 25.4 Å². The highest BCUT2D eigenvalue weighted by Gasteiger charge is 2.34. The molecule has 1 aromatic carbocycles. The van der Waals surface area contributed by atoms with Crippen molar-refractivity contribution in [2.75, 3.05) is 6.54 Å². The Balaban J connectivity index is 1.48. The van der Waals surface area contributed by atoms with Gasteiger partial charge in [-0.25, -0.2) is 0 Å². The van der Waals surface area contributed by atoms with Gasteiger partial charge < -0.3 is 10.2 Å². The molecule has 0 bridgehead atoms. The van der Waals surface area contributed by atoms with Crippen LogP contribution in [-0.4, -0.2) is 39.5 Å². The summed E-state index contributed by atoms with van der Waals surface area (Å²) in [6.45, 7) is 1.11. The number of likely N-dealkylation sites (tertiary alicyclic amines) is 1. The van der Waals surface area contributed by atoms with Crippen LogP contribution in [0.5, 0.6) is 0 Å². The molecule has 0 aliphatic carbocycles. The molecule has 2 N–H and O–H groups in total. The lowest BCUT2D eigenvalue weighted by Gasteiger charge is -2.24. The lowest BCUT2D eigenvalue weighted by atomic mass is 10.1. The molecule has 6 nitrogen and oxygen atoms in total. The summed E-state index contributed by atoms with van der Waals surface area (Å²) in [7, 11) is 0. The minimum Gasteiger partial charge on any atom is -0.350 e. The molecule has 4 rings (SSSR count). The molecule has 1 atom stereocenters. The van der Waals surface area contributed by atoms with E-state index < -0.39 is 6.04 Å². The van der Waals surface area contributed by atoms with E-state index in [1.807, 2.05) is 29.0 Å². The minimum absolute atomic E-state index is 0.0820. The molecule has 1 aliphatic rings. The average Bonchev–Trinajstić information content (AvgIpc) is 3.39. The molecule has 1 fully saturated rings. The Labute approximate surface area is 148 Å². The van der Waals surface area contributed by atoms with Gasteiger partial charge in [0.25, 0.3) is 5.91 Å². The summed E-state index contributed by atoms with van der Waals surface area (Å²) < 4.78 is 0. The maximum absolute atomic E-state index is 12.9. The van der Waals surface area contributed by atoms with Crippen LogP contribution in [0.2, 0.25) is 0 Å². The number of aromatic nitrogens is 2. The lowest BCUT2D eigenvalue weighted by molar-refractivity contribution is -0.125. The van der Waals surface area contributed by atoms with Gasteiger partial charge in [0.2, 0.25) is 5.91 Å². The highest BCUT2D eigenvalue weighted by molar-refractivity contribution is 7.07. The first-order chi connectivity index (χ1) is 12.2. The van der Waals surface area contributed by atoms with Crippen molar-refractivity contribution in [2.24, 2.45) is 0 Å². The first-order valence-corrected chi connectivity index (χ1v) is 9.19. The van der Waals surface area contributed by atoms with Crippen LogP contribution < -0.4 is 5.32 Å². The summed E-state index contributed by atoms with van der Waals surface area (Å²) in [5.41, 5.74) is 2.56. The van der Waals surface area contributed by atoms with Gasteiger partial charge in [-0.1, -0.05) is 0 Å². The van der Waals surface area contributed by atoms with Crippen molar-refractivity contribution in [1.82, 2.24) is 20.4 Å². The highest BCUT2D eigenvalue weighted by atomic mass is 32.1. The minimum atomic E-state index is -0.397. The SMILES string of the molecule is O=C(NCc1ccsc1)[C@H]1CCCN1C(=O)c1ccc2[nH]ncc2c1. The number of H-pyrrole nitrogens is 1. The van der Waals surface area contributed by atoms with Crippen LogP contribution in [0.1, 0.15) is 28.8 Å². The smallest absolute Gasteiger partial charge is 0.254 e. The third-order valence-electron chi connectivity index (χ3n) is 4.55. The molecule has 0 unspecified atom stereocenters. The molecule has 2 amide bonds. The van der Waals surface area contributed by atoms with Gasteiger partial charge in [-0.15, -0.1) is 0 Å². The molecule has 1 saturated heterocycles. The Hall–Kier alpha value is -2.67. The number of carbonyl (C=O) groups is 2. The molecule has 2 aromatic heterocycles. The van der Waals surface area contributed by atoms with Crippen LogP contribution >= 0.6 is 11.3 Å². The predicted octanol–water partition coefficient (Wildman–Crippen LogP) is 2.55. The first kappa shape index (κ1) is 15.8. The van der Waals surface area contributed by atoms with Crippen molar-refractivity contribution in [1.29, 1.82) is 0 Å². The van der Waals surface area contributed by atoms with Crippen molar-refractivity contribution >= 4 is 34.1 Å². The third kappa shape index (κ3) is 3.15. The summed E-state index contributed by atoms with van der Waals surface area (Å²) in [5.74, 6) is -0.183. The lowest BCUT2D eigenvalue weighted by Crippen LogP contribution is -2.45. The van der Waals surface area contributed by atoms with Gasteiger partial charge in [-0.05, 0) is 53.4 Å². The van der Waals surface area contributed by atoms with Crippen molar-refractivity contribution in [3.05, 3.63) is 52.3 Å². The van der Waals surface area contributed by atoms with Crippen LogP contribution in [0.25, 0.3) is 10.9 Å². The molecule has 3 heterocycles. The maximum Gasteiger partial charge on any atom is 0.254 e. The Morgan fingerprint density at radius 1 is 1.36 bits per heavy atom. The van der Waals surface area contributed by atoms with Gasteiger partial charge in [-0.3, -0.25) is 14.7 Å². The zero-order valence-electron chi connectivity index (χ0n) is 13.6. The molecule has 0 radical (unpaired) electrons. The van der Waals surface area contributed by atoms with Gasteiger partial charge >= 0.3 is 0 Å². The third-order valence-corrected chi connectivity index (χ3v) is 5.28. The van der Waals surface area contributed by atoms with E-state index in [1.165, 1.54) is 0 Å². The number of benzene rings is 1. The standard InChI is InChI=1S/C18H18N4O2S/c23-17(19-9-12-5-7-25-11-12)16-2-1-6-22(16)18(24)13-3-4-15-14(8-13)10-20-21-15/h3-5,7-8,10-11,16H,1-2,6,9H2,(H,19,23)(H,20,21)/t16-/m1/s1. The van der Waals surface area contributed by atoms with E-state index in [2.05, 4.69) is 15.5 Å². The number of aromatic amines is 1. The van der Waals surface area contributed by atoms with Crippen LogP contribution in [0.3, 0.4) is 0 Å². The van der Waals surface area contributed by atoms with E-state index in [-0.39, 0.29) is 11.8 Å². The van der Waals surface area contributed by atoms with Crippen molar-refractivity contribution in [3.63, 3.8) is 0 Å². The van der Waals surface area contributed by atoms with Crippen LogP contribution in [0, 0.1) is 0 Å². The molecule has 0 spiro atoms. The summed E-state index contributed by atoms with van der Waals surface area (Å²) in [5, 5.41) is 14.7. The summed E-state index contributed by atoms with van der Waals surface area (Å²) >= 11 is 1.60. The number of nitrogens with one attached hydrogen (secondary N) is 2. The highest BCUT2D eigenvalue weighted by Crippen LogP contribution is 2.22.